The average molecular weight is 411 g/mol. The minimum Gasteiger partial charge on any atom is -0.452 e. The number of hydrogen-bond donors (Lipinski definition) is 1. The van der Waals surface area contributed by atoms with Crippen molar-refractivity contribution in [3.05, 3.63) is 28.0 Å². The molecule has 4 fully saturated rings. The highest BCUT2D eigenvalue weighted by Gasteiger charge is 2.53. The van der Waals surface area contributed by atoms with E-state index >= 15 is 0 Å². The van der Waals surface area contributed by atoms with Crippen molar-refractivity contribution in [1.29, 1.82) is 0 Å². The van der Waals surface area contributed by atoms with E-state index in [1.54, 1.807) is 0 Å². The van der Waals surface area contributed by atoms with Crippen LogP contribution in [-0.4, -0.2) is 29.5 Å². The van der Waals surface area contributed by atoms with Gasteiger partial charge in [-0.2, -0.15) is 0 Å². The summed E-state index contributed by atoms with van der Waals surface area (Å²) >= 11 is 11.6. The van der Waals surface area contributed by atoms with Crippen LogP contribution in [0.15, 0.2) is 12.3 Å². The summed E-state index contributed by atoms with van der Waals surface area (Å²) < 4.78 is 5.11. The predicted octanol–water partition coefficient (Wildman–Crippen LogP) is 4.27. The minimum atomic E-state index is -0.640. The van der Waals surface area contributed by atoms with Crippen LogP contribution < -0.4 is 5.32 Å². The van der Waals surface area contributed by atoms with Gasteiger partial charge in [-0.3, -0.25) is 4.79 Å². The zero-order chi connectivity index (χ0) is 19.2. The second-order valence-corrected chi connectivity index (χ2v) is 9.41. The first-order chi connectivity index (χ1) is 12.8. The van der Waals surface area contributed by atoms with Gasteiger partial charge >= 0.3 is 5.97 Å². The lowest BCUT2D eigenvalue weighted by Gasteiger charge is -2.59. The van der Waals surface area contributed by atoms with Crippen LogP contribution in [0.5, 0.6) is 0 Å². The molecule has 4 saturated carbocycles. The lowest BCUT2D eigenvalue weighted by atomic mass is 9.48. The van der Waals surface area contributed by atoms with E-state index in [4.69, 9.17) is 27.9 Å². The third kappa shape index (κ3) is 3.81. The maximum atomic E-state index is 12.4. The van der Waals surface area contributed by atoms with Gasteiger partial charge in [0.25, 0.3) is 5.91 Å². The Balaban J connectivity index is 1.31. The highest BCUT2D eigenvalue weighted by molar-refractivity contribution is 6.41. The summed E-state index contributed by atoms with van der Waals surface area (Å²) in [6, 6.07) is 1.48. The standard InChI is InChI=1S/C20H24Cl2N2O3/c1-11(20-6-12-2-13(7-20)4-14(3-12)8-20)24-17(25)10-27-19(26)15-5-16(21)18(22)23-9-15/h5,9,11-14H,2-4,6-8,10H2,1H3,(H,24,25)/t11-,12?,13?,14?,20?/m0/s1. The molecule has 7 heteroatoms. The maximum Gasteiger partial charge on any atom is 0.340 e. The van der Waals surface area contributed by atoms with E-state index in [2.05, 4.69) is 17.2 Å². The first-order valence-electron chi connectivity index (χ1n) is 9.62. The van der Waals surface area contributed by atoms with E-state index in [0.29, 0.717) is 0 Å². The molecule has 4 aliphatic rings. The Labute approximate surface area is 169 Å². The van der Waals surface area contributed by atoms with E-state index in [-0.39, 0.29) is 39.7 Å². The zero-order valence-corrected chi connectivity index (χ0v) is 16.9. The molecule has 1 aromatic heterocycles. The fourth-order valence-electron chi connectivity index (χ4n) is 5.89. The number of ether oxygens (including phenoxy) is 1. The van der Waals surface area contributed by atoms with Crippen LogP contribution in [0.3, 0.4) is 0 Å². The minimum absolute atomic E-state index is 0.101. The molecular formula is C20H24Cl2N2O3. The molecule has 4 aliphatic carbocycles. The van der Waals surface area contributed by atoms with Crippen molar-refractivity contribution in [3.63, 3.8) is 0 Å². The number of rotatable bonds is 5. The van der Waals surface area contributed by atoms with Gasteiger partial charge in [-0.05, 0) is 74.7 Å². The molecule has 1 N–H and O–H groups in total. The number of amides is 1. The van der Waals surface area contributed by atoms with Gasteiger partial charge in [-0.15, -0.1) is 0 Å². The smallest absolute Gasteiger partial charge is 0.340 e. The summed E-state index contributed by atoms with van der Waals surface area (Å²) in [5.74, 6) is 1.58. The summed E-state index contributed by atoms with van der Waals surface area (Å²) in [6.45, 7) is 1.80. The number of carbonyl (C=O) groups excluding carboxylic acids is 2. The van der Waals surface area contributed by atoms with Crippen molar-refractivity contribution in [3.8, 4) is 0 Å². The SMILES string of the molecule is C[C@H](NC(=O)COC(=O)c1cnc(Cl)c(Cl)c1)C12CC3CC(CC(C3)C1)C2. The van der Waals surface area contributed by atoms with Crippen molar-refractivity contribution in [2.75, 3.05) is 6.61 Å². The monoisotopic (exact) mass is 410 g/mol. The molecule has 0 aliphatic heterocycles. The molecule has 1 aromatic rings. The van der Waals surface area contributed by atoms with Crippen molar-refractivity contribution < 1.29 is 14.3 Å². The van der Waals surface area contributed by atoms with Crippen molar-refractivity contribution in [1.82, 2.24) is 10.3 Å². The Hall–Kier alpha value is -1.33. The highest BCUT2D eigenvalue weighted by Crippen LogP contribution is 2.61. The molecule has 4 bridgehead atoms. The Kier molecular flexibility index (Phi) is 5.10. The molecule has 0 aromatic carbocycles. The molecular weight excluding hydrogens is 387 g/mol. The summed E-state index contributed by atoms with van der Waals surface area (Å²) in [6.07, 6.45) is 9.05. The van der Waals surface area contributed by atoms with Crippen LogP contribution in [-0.2, 0) is 9.53 Å². The Morgan fingerprint density at radius 3 is 2.37 bits per heavy atom. The molecule has 1 amide bonds. The summed E-state index contributed by atoms with van der Waals surface area (Å²) in [5, 5.41) is 3.38. The quantitative estimate of drug-likeness (QED) is 0.581. The lowest BCUT2D eigenvalue weighted by molar-refractivity contribution is -0.128. The second kappa shape index (κ2) is 7.25. The number of carbonyl (C=O) groups is 2. The molecule has 1 heterocycles. The fourth-order valence-corrected chi connectivity index (χ4v) is 6.16. The van der Waals surface area contributed by atoms with Crippen LogP contribution in [0.2, 0.25) is 10.2 Å². The first kappa shape index (κ1) is 19.0. The summed E-state index contributed by atoms with van der Waals surface area (Å²) in [5.41, 5.74) is 0.397. The van der Waals surface area contributed by atoms with E-state index in [9.17, 15) is 9.59 Å². The second-order valence-electron chi connectivity index (χ2n) is 8.64. The Morgan fingerprint density at radius 1 is 1.22 bits per heavy atom. The number of halogens is 2. The fraction of sp³-hybridized carbons (Fsp3) is 0.650. The third-order valence-electron chi connectivity index (χ3n) is 6.75. The number of nitrogens with zero attached hydrogens (tertiary/aromatic N) is 1. The van der Waals surface area contributed by atoms with Gasteiger partial charge in [0.1, 0.15) is 5.15 Å². The van der Waals surface area contributed by atoms with E-state index < -0.39 is 5.97 Å². The molecule has 0 unspecified atom stereocenters. The third-order valence-corrected chi connectivity index (χ3v) is 7.43. The normalized spacial score (nSPS) is 32.2. The predicted molar refractivity (Wildman–Crippen MR) is 103 cm³/mol. The van der Waals surface area contributed by atoms with E-state index in [1.807, 2.05) is 0 Å². The summed E-state index contributed by atoms with van der Waals surface area (Å²) in [4.78, 5) is 28.2. The average Bonchev–Trinajstić information content (AvgIpc) is 2.61. The zero-order valence-electron chi connectivity index (χ0n) is 15.3. The number of hydrogen-bond acceptors (Lipinski definition) is 4. The van der Waals surface area contributed by atoms with E-state index in [1.165, 1.54) is 50.8 Å². The van der Waals surface area contributed by atoms with Crippen molar-refractivity contribution >= 4 is 35.1 Å². The molecule has 0 radical (unpaired) electrons. The molecule has 146 valence electrons. The van der Waals surface area contributed by atoms with Crippen LogP contribution in [0.25, 0.3) is 0 Å². The van der Waals surface area contributed by atoms with Gasteiger partial charge in [0, 0.05) is 12.2 Å². The maximum absolute atomic E-state index is 12.4. The van der Waals surface area contributed by atoms with Gasteiger partial charge < -0.3 is 10.1 Å². The van der Waals surface area contributed by atoms with Gasteiger partial charge in [0.2, 0.25) is 0 Å². The van der Waals surface area contributed by atoms with Crippen molar-refractivity contribution in [2.45, 2.75) is 51.5 Å². The van der Waals surface area contributed by atoms with Gasteiger partial charge in [0.05, 0.1) is 10.6 Å². The van der Waals surface area contributed by atoms with E-state index in [0.717, 1.165) is 17.8 Å². The number of aromatic nitrogens is 1. The summed E-state index contributed by atoms with van der Waals surface area (Å²) in [7, 11) is 0. The van der Waals surface area contributed by atoms with Gasteiger partial charge in [0.15, 0.2) is 6.61 Å². The lowest BCUT2D eigenvalue weighted by Crippen LogP contribution is -2.56. The Morgan fingerprint density at radius 2 is 1.81 bits per heavy atom. The number of esters is 1. The topological polar surface area (TPSA) is 68.3 Å². The molecule has 5 rings (SSSR count). The highest BCUT2D eigenvalue weighted by atomic mass is 35.5. The van der Waals surface area contributed by atoms with Crippen LogP contribution in [0.1, 0.15) is 55.8 Å². The molecule has 5 nitrogen and oxygen atoms in total. The largest absolute Gasteiger partial charge is 0.452 e. The molecule has 0 saturated heterocycles. The van der Waals surface area contributed by atoms with Crippen LogP contribution in [0, 0.1) is 23.2 Å². The van der Waals surface area contributed by atoms with Gasteiger partial charge in [-0.1, -0.05) is 23.2 Å². The first-order valence-corrected chi connectivity index (χ1v) is 10.4. The molecule has 27 heavy (non-hydrogen) atoms. The van der Waals surface area contributed by atoms with Crippen LogP contribution >= 0.6 is 23.2 Å². The van der Waals surface area contributed by atoms with Crippen LogP contribution in [0.4, 0.5) is 0 Å². The number of nitrogens with one attached hydrogen (secondary N) is 1. The van der Waals surface area contributed by atoms with Gasteiger partial charge in [-0.25, -0.2) is 9.78 Å². The number of pyridine rings is 1. The molecule has 1 atom stereocenters. The van der Waals surface area contributed by atoms with Crippen molar-refractivity contribution in [2.24, 2.45) is 23.2 Å². The Bertz CT molecular complexity index is 732. The molecule has 0 spiro atoms.